The van der Waals surface area contributed by atoms with Gasteiger partial charge in [-0.15, -0.1) is 0 Å². The zero-order chi connectivity index (χ0) is 15.4. The molecular formula is C17H24N2O2S. The highest BCUT2D eigenvalue weighted by Crippen LogP contribution is 2.36. The Morgan fingerprint density at radius 2 is 2.14 bits per heavy atom. The van der Waals surface area contributed by atoms with Gasteiger partial charge in [0.05, 0.1) is 5.69 Å². The molecule has 0 bridgehead atoms. The van der Waals surface area contributed by atoms with Crippen LogP contribution in [0.5, 0.6) is 0 Å². The number of rotatable bonds is 4. The highest BCUT2D eigenvalue weighted by atomic mass is 32.2. The van der Waals surface area contributed by atoms with Crippen LogP contribution in [0.25, 0.3) is 0 Å². The first-order valence-electron chi connectivity index (χ1n) is 8.25. The quantitative estimate of drug-likeness (QED) is 0.832. The summed E-state index contributed by atoms with van der Waals surface area (Å²) in [5, 5.41) is 8.84. The molecule has 1 aromatic rings. The Hall–Kier alpha value is -1.20. The van der Waals surface area contributed by atoms with Crippen molar-refractivity contribution in [3.05, 3.63) is 23.8 Å². The van der Waals surface area contributed by atoms with E-state index in [-0.39, 0.29) is 6.42 Å². The molecule has 2 aliphatic rings. The lowest BCUT2D eigenvalue weighted by Crippen LogP contribution is -2.39. The van der Waals surface area contributed by atoms with Gasteiger partial charge in [-0.3, -0.25) is 9.52 Å². The minimum absolute atomic E-state index is 0.198. The van der Waals surface area contributed by atoms with E-state index in [4.69, 9.17) is 5.11 Å². The molecule has 0 spiro atoms. The number of anilines is 1. The Morgan fingerprint density at radius 3 is 2.91 bits per heavy atom. The molecule has 5 heteroatoms. The van der Waals surface area contributed by atoms with Gasteiger partial charge in [0.1, 0.15) is 0 Å². The molecule has 3 rings (SSSR count). The van der Waals surface area contributed by atoms with E-state index < -0.39 is 5.97 Å². The normalized spacial score (nSPS) is 19.5. The van der Waals surface area contributed by atoms with Crippen molar-refractivity contribution in [3.8, 4) is 0 Å². The molecule has 1 aromatic carbocycles. The molecule has 2 N–H and O–H groups in total. The monoisotopic (exact) mass is 320 g/mol. The number of hydrogen-bond acceptors (Lipinski definition) is 4. The van der Waals surface area contributed by atoms with Crippen molar-refractivity contribution in [1.29, 1.82) is 0 Å². The van der Waals surface area contributed by atoms with Crippen LogP contribution >= 0.6 is 11.9 Å². The Kier molecular flexibility index (Phi) is 5.26. The molecule has 1 saturated carbocycles. The minimum atomic E-state index is -0.732. The molecule has 1 aliphatic carbocycles. The van der Waals surface area contributed by atoms with Gasteiger partial charge >= 0.3 is 5.97 Å². The van der Waals surface area contributed by atoms with Crippen LogP contribution in [0.3, 0.4) is 0 Å². The van der Waals surface area contributed by atoms with Crippen LogP contribution in [0.1, 0.15) is 44.1 Å². The standard InChI is InChI=1S/C17H24N2O2S/c20-17(21)9-7-13-6-8-15-16(12-13)22-18-10-11-19(15)14-4-2-1-3-5-14/h6,8,12,14,18H,1-5,7,9-11H2,(H,20,21). The van der Waals surface area contributed by atoms with E-state index in [1.165, 1.54) is 42.7 Å². The fraction of sp³-hybridized carbons (Fsp3) is 0.588. The second-order valence-corrected chi connectivity index (χ2v) is 7.11. The van der Waals surface area contributed by atoms with Crippen LogP contribution in [0.15, 0.2) is 23.1 Å². The maximum atomic E-state index is 10.7. The largest absolute Gasteiger partial charge is 0.481 e. The molecule has 0 radical (unpaired) electrons. The molecule has 0 saturated heterocycles. The zero-order valence-corrected chi connectivity index (χ0v) is 13.7. The van der Waals surface area contributed by atoms with Crippen LogP contribution in [0.2, 0.25) is 0 Å². The number of benzene rings is 1. The first-order chi connectivity index (χ1) is 10.7. The highest BCUT2D eigenvalue weighted by Gasteiger charge is 2.25. The maximum Gasteiger partial charge on any atom is 0.303 e. The van der Waals surface area contributed by atoms with Gasteiger partial charge < -0.3 is 10.0 Å². The minimum Gasteiger partial charge on any atom is -0.481 e. The van der Waals surface area contributed by atoms with Crippen molar-refractivity contribution >= 4 is 23.6 Å². The van der Waals surface area contributed by atoms with E-state index in [2.05, 4.69) is 27.8 Å². The fourth-order valence-corrected chi connectivity index (χ4v) is 4.32. The van der Waals surface area contributed by atoms with Crippen molar-refractivity contribution < 1.29 is 9.90 Å². The van der Waals surface area contributed by atoms with Crippen molar-refractivity contribution in [3.63, 3.8) is 0 Å². The summed E-state index contributed by atoms with van der Waals surface area (Å²) in [4.78, 5) is 14.6. The number of hydrogen-bond donors (Lipinski definition) is 2. The average molecular weight is 320 g/mol. The summed E-state index contributed by atoms with van der Waals surface area (Å²) in [5.41, 5.74) is 2.43. The first-order valence-corrected chi connectivity index (χ1v) is 9.07. The molecule has 22 heavy (non-hydrogen) atoms. The van der Waals surface area contributed by atoms with Crippen LogP contribution in [0, 0.1) is 0 Å². The second kappa shape index (κ2) is 7.38. The number of carbonyl (C=O) groups is 1. The van der Waals surface area contributed by atoms with Gasteiger partial charge in [0.25, 0.3) is 0 Å². The number of nitrogens with zero attached hydrogens (tertiary/aromatic N) is 1. The second-order valence-electron chi connectivity index (χ2n) is 6.18. The number of aliphatic carboxylic acids is 1. The molecule has 4 nitrogen and oxygen atoms in total. The number of aryl methyl sites for hydroxylation is 1. The van der Waals surface area contributed by atoms with Gasteiger partial charge in [-0.2, -0.15) is 0 Å². The molecule has 120 valence electrons. The van der Waals surface area contributed by atoms with Crippen LogP contribution in [-0.4, -0.2) is 30.2 Å². The van der Waals surface area contributed by atoms with Gasteiger partial charge in [-0.1, -0.05) is 25.3 Å². The summed E-state index contributed by atoms with van der Waals surface area (Å²) >= 11 is 1.69. The highest BCUT2D eigenvalue weighted by molar-refractivity contribution is 7.97. The lowest BCUT2D eigenvalue weighted by Gasteiger charge is -2.36. The van der Waals surface area contributed by atoms with Crippen LogP contribution in [-0.2, 0) is 11.2 Å². The Bertz CT molecular complexity index is 529. The average Bonchev–Trinajstić information content (AvgIpc) is 2.75. The molecule has 1 fully saturated rings. The number of carboxylic acid groups (broad SMARTS) is 1. The lowest BCUT2D eigenvalue weighted by atomic mass is 9.93. The summed E-state index contributed by atoms with van der Waals surface area (Å²) < 4.78 is 3.42. The summed E-state index contributed by atoms with van der Waals surface area (Å²) in [5.74, 6) is -0.732. The van der Waals surface area contributed by atoms with Gasteiger partial charge in [-0.05, 0) is 48.9 Å². The molecule has 0 unspecified atom stereocenters. The smallest absolute Gasteiger partial charge is 0.303 e. The van der Waals surface area contributed by atoms with E-state index in [9.17, 15) is 4.79 Å². The molecule has 1 aliphatic heterocycles. The van der Waals surface area contributed by atoms with Crippen molar-refractivity contribution in [1.82, 2.24) is 4.72 Å². The van der Waals surface area contributed by atoms with Crippen LogP contribution in [0.4, 0.5) is 5.69 Å². The Morgan fingerprint density at radius 1 is 1.32 bits per heavy atom. The molecule has 0 amide bonds. The summed E-state index contributed by atoms with van der Waals surface area (Å²) in [6.07, 6.45) is 7.45. The van der Waals surface area contributed by atoms with E-state index in [0.717, 1.165) is 18.7 Å². The third kappa shape index (κ3) is 3.76. The van der Waals surface area contributed by atoms with Gasteiger partial charge in [0.2, 0.25) is 0 Å². The summed E-state index contributed by atoms with van der Waals surface area (Å²) in [6, 6.07) is 7.12. The maximum absolute atomic E-state index is 10.7. The molecule has 0 aromatic heterocycles. The number of fused-ring (bicyclic) bond motifs is 1. The first kappa shape index (κ1) is 15.7. The van der Waals surface area contributed by atoms with Crippen molar-refractivity contribution in [2.75, 3.05) is 18.0 Å². The van der Waals surface area contributed by atoms with E-state index >= 15 is 0 Å². The number of nitrogens with one attached hydrogen (secondary N) is 1. The Labute approximate surface area is 136 Å². The van der Waals surface area contributed by atoms with Crippen molar-refractivity contribution in [2.24, 2.45) is 0 Å². The van der Waals surface area contributed by atoms with Gasteiger partial charge in [0.15, 0.2) is 0 Å². The predicted molar refractivity (Wildman–Crippen MR) is 90.5 cm³/mol. The van der Waals surface area contributed by atoms with E-state index in [1.807, 2.05) is 0 Å². The predicted octanol–water partition coefficient (Wildman–Crippen LogP) is 3.45. The van der Waals surface area contributed by atoms with E-state index in [0.29, 0.717) is 12.5 Å². The Balaban J connectivity index is 1.80. The topological polar surface area (TPSA) is 52.6 Å². The van der Waals surface area contributed by atoms with E-state index in [1.54, 1.807) is 11.9 Å². The van der Waals surface area contributed by atoms with Gasteiger partial charge in [-0.25, -0.2) is 0 Å². The summed E-state index contributed by atoms with van der Waals surface area (Å²) in [6.45, 7) is 2.04. The third-order valence-corrected chi connectivity index (χ3v) is 5.51. The summed E-state index contributed by atoms with van der Waals surface area (Å²) in [7, 11) is 0. The molecule has 0 atom stereocenters. The molecule has 1 heterocycles. The van der Waals surface area contributed by atoms with Gasteiger partial charge in [0, 0.05) is 30.4 Å². The van der Waals surface area contributed by atoms with Crippen molar-refractivity contribution in [2.45, 2.75) is 55.9 Å². The SMILES string of the molecule is O=C(O)CCc1ccc2c(c1)SNCCN2C1CCCCC1. The number of carboxylic acids is 1. The lowest BCUT2D eigenvalue weighted by molar-refractivity contribution is -0.136. The fourth-order valence-electron chi connectivity index (χ4n) is 3.47. The van der Waals surface area contributed by atoms with Crippen LogP contribution < -0.4 is 9.62 Å². The molecular weight excluding hydrogens is 296 g/mol. The third-order valence-electron chi connectivity index (χ3n) is 4.61. The zero-order valence-electron chi connectivity index (χ0n) is 12.9.